The summed E-state index contributed by atoms with van der Waals surface area (Å²) in [6, 6.07) is 20.6. The third kappa shape index (κ3) is 6.59. The number of H-pyrrole nitrogens is 1. The average Bonchev–Trinajstić information content (AvgIpc) is 3.76. The summed E-state index contributed by atoms with van der Waals surface area (Å²) in [6.45, 7) is 18.0. The van der Waals surface area contributed by atoms with E-state index >= 15 is 0 Å². The molecule has 0 amide bonds. The van der Waals surface area contributed by atoms with Gasteiger partial charge in [0, 0.05) is 29.8 Å². The van der Waals surface area contributed by atoms with Gasteiger partial charge in [0.1, 0.15) is 5.69 Å². The molecular weight excluding hydrogens is 614 g/mol. The Bertz CT molecular complexity index is 1950. The summed E-state index contributed by atoms with van der Waals surface area (Å²) in [5, 5.41) is 27.4. The Balaban J connectivity index is 1.46. The van der Waals surface area contributed by atoms with Crippen LogP contribution >= 0.6 is 0 Å². The second-order valence-corrected chi connectivity index (χ2v) is 14.0. The Kier molecular flexibility index (Phi) is 9.40. The van der Waals surface area contributed by atoms with E-state index in [2.05, 4.69) is 99.9 Å². The van der Waals surface area contributed by atoms with Gasteiger partial charge in [-0.15, -0.1) is 20.4 Å². The number of anilines is 2. The maximum Gasteiger partial charge on any atom is 0.245 e. The summed E-state index contributed by atoms with van der Waals surface area (Å²) in [5.41, 5.74) is 6.56. The highest BCUT2D eigenvalue weighted by molar-refractivity contribution is 5.83. The molecule has 0 saturated carbocycles. The maximum atomic E-state index is 6.47. The molecule has 0 atom stereocenters. The first-order valence-electron chi connectivity index (χ1n) is 17.0. The summed E-state index contributed by atoms with van der Waals surface area (Å²) < 4.78 is 10.3. The monoisotopic (exact) mass is 661 g/mol. The molecule has 3 aromatic heterocycles. The zero-order chi connectivity index (χ0) is 34.9. The number of fused-ring (bicyclic) bond motifs is 1. The fourth-order valence-corrected chi connectivity index (χ4v) is 5.85. The molecule has 2 aromatic carbocycles. The Hall–Kier alpha value is -5.26. The minimum atomic E-state index is -0.371. The van der Waals surface area contributed by atoms with Gasteiger partial charge in [-0.2, -0.15) is 9.78 Å². The Morgan fingerprint density at radius 2 is 1.57 bits per heavy atom. The van der Waals surface area contributed by atoms with Crippen LogP contribution in [-0.2, 0) is 5.41 Å². The standard InChI is InChI=1S/C37H47N11O/c1-10-21-49-35-30(32(37(6,7)8)44-47(35)31-29(24(2)3)43-48-33(25(4)5)40-41-34(31)48)39-42-36-38-22-28(23-45(36)9)46(26-17-13-11-14-18-26)27-19-15-12-16-20-27/h11-20,22,24-25,43H,10,21,23H2,1-9H3. The number of hydrogen-bond donors (Lipinski definition) is 1. The van der Waals surface area contributed by atoms with E-state index in [4.69, 9.17) is 25.1 Å². The number of guanidine groups is 1. The fourth-order valence-electron chi connectivity index (χ4n) is 5.85. The third-order valence-corrected chi connectivity index (χ3v) is 8.29. The number of para-hydroxylation sites is 2. The zero-order valence-electron chi connectivity index (χ0n) is 30.0. The minimum Gasteiger partial charge on any atom is -0.476 e. The van der Waals surface area contributed by atoms with Crippen molar-refractivity contribution in [2.24, 2.45) is 15.2 Å². The Morgan fingerprint density at radius 1 is 0.918 bits per heavy atom. The Morgan fingerprint density at radius 3 is 2.12 bits per heavy atom. The van der Waals surface area contributed by atoms with Crippen LogP contribution in [0.15, 0.2) is 87.8 Å². The number of nitrogens with zero attached hydrogens (tertiary/aromatic N) is 10. The number of aliphatic imine (C=N–C) groups is 1. The van der Waals surface area contributed by atoms with Gasteiger partial charge in [-0.25, -0.2) is 9.51 Å². The first-order valence-corrected chi connectivity index (χ1v) is 17.0. The predicted octanol–water partition coefficient (Wildman–Crippen LogP) is 8.64. The lowest BCUT2D eigenvalue weighted by molar-refractivity contribution is 0.297. The largest absolute Gasteiger partial charge is 0.476 e. The van der Waals surface area contributed by atoms with Crippen LogP contribution in [-0.4, -0.2) is 60.7 Å². The van der Waals surface area contributed by atoms with Gasteiger partial charge < -0.3 is 14.5 Å². The Labute approximate surface area is 288 Å². The molecule has 0 spiro atoms. The first kappa shape index (κ1) is 33.6. The van der Waals surface area contributed by atoms with Crippen molar-refractivity contribution < 1.29 is 4.74 Å². The van der Waals surface area contributed by atoms with Crippen molar-refractivity contribution in [3.8, 4) is 11.6 Å². The van der Waals surface area contributed by atoms with Crippen molar-refractivity contribution in [2.45, 2.75) is 79.1 Å². The quantitative estimate of drug-likeness (QED) is 0.150. The summed E-state index contributed by atoms with van der Waals surface area (Å²) >= 11 is 0. The number of nitrogens with one attached hydrogen (secondary N) is 1. The molecule has 0 radical (unpaired) electrons. The molecule has 0 unspecified atom stereocenters. The number of hydrogen-bond acceptors (Lipinski definition) is 9. The smallest absolute Gasteiger partial charge is 0.245 e. The molecule has 1 aliphatic heterocycles. The van der Waals surface area contributed by atoms with Crippen LogP contribution in [0.25, 0.3) is 11.3 Å². The number of aromatic nitrogens is 6. The van der Waals surface area contributed by atoms with Gasteiger partial charge in [-0.3, -0.25) is 5.10 Å². The fraction of sp³-hybridized carbons (Fsp3) is 0.405. The number of rotatable bonds is 10. The first-order chi connectivity index (χ1) is 23.5. The van der Waals surface area contributed by atoms with Gasteiger partial charge in [0.2, 0.25) is 17.5 Å². The molecule has 0 aliphatic carbocycles. The topological polar surface area (TPSA) is 117 Å². The number of benzene rings is 2. The number of ether oxygens (including phenoxy) is 1. The van der Waals surface area contributed by atoms with Crippen molar-refractivity contribution in [1.29, 1.82) is 0 Å². The molecule has 0 fully saturated rings. The molecule has 12 nitrogen and oxygen atoms in total. The highest BCUT2D eigenvalue weighted by Crippen LogP contribution is 2.42. The molecule has 1 aliphatic rings. The van der Waals surface area contributed by atoms with Crippen molar-refractivity contribution in [3.63, 3.8) is 0 Å². The van der Waals surface area contributed by atoms with Crippen LogP contribution in [0.2, 0.25) is 0 Å². The van der Waals surface area contributed by atoms with Gasteiger partial charge in [0.25, 0.3) is 0 Å². The molecule has 256 valence electrons. The molecule has 6 rings (SSSR count). The van der Waals surface area contributed by atoms with E-state index in [-0.39, 0.29) is 17.3 Å². The second-order valence-electron chi connectivity index (χ2n) is 14.0. The summed E-state index contributed by atoms with van der Waals surface area (Å²) in [5.74, 6) is 2.19. The highest BCUT2D eigenvalue weighted by Gasteiger charge is 2.33. The van der Waals surface area contributed by atoms with Gasteiger partial charge in [0.15, 0.2) is 11.5 Å². The number of azo groups is 1. The highest BCUT2D eigenvalue weighted by atomic mass is 16.5. The molecule has 4 heterocycles. The normalized spacial score (nSPS) is 14.0. The lowest BCUT2D eigenvalue weighted by atomic mass is 9.91. The zero-order valence-corrected chi connectivity index (χ0v) is 30.0. The van der Waals surface area contributed by atoms with E-state index in [0.717, 1.165) is 46.4 Å². The molecule has 5 aromatic rings. The summed E-state index contributed by atoms with van der Waals surface area (Å²) in [4.78, 5) is 9.02. The predicted molar refractivity (Wildman–Crippen MR) is 195 cm³/mol. The lowest BCUT2D eigenvalue weighted by Gasteiger charge is -2.32. The minimum absolute atomic E-state index is 0.153. The van der Waals surface area contributed by atoms with Crippen LogP contribution in [0.3, 0.4) is 0 Å². The maximum absolute atomic E-state index is 6.47. The molecular formula is C37H47N11O. The second kappa shape index (κ2) is 13.7. The van der Waals surface area contributed by atoms with Crippen molar-refractivity contribution in [1.82, 2.24) is 34.5 Å². The van der Waals surface area contributed by atoms with Gasteiger partial charge in [-0.1, -0.05) is 91.8 Å². The van der Waals surface area contributed by atoms with E-state index in [0.29, 0.717) is 36.3 Å². The van der Waals surface area contributed by atoms with E-state index < -0.39 is 0 Å². The van der Waals surface area contributed by atoms with Crippen LogP contribution in [0.4, 0.5) is 17.1 Å². The van der Waals surface area contributed by atoms with Crippen LogP contribution in [0.5, 0.6) is 5.88 Å². The molecule has 12 heteroatoms. The van der Waals surface area contributed by atoms with Gasteiger partial charge >= 0.3 is 0 Å². The van der Waals surface area contributed by atoms with Crippen LogP contribution < -0.4 is 9.64 Å². The van der Waals surface area contributed by atoms with Gasteiger partial charge in [0.05, 0.1) is 36.4 Å². The summed E-state index contributed by atoms with van der Waals surface area (Å²) in [7, 11) is 1.98. The molecule has 0 bridgehead atoms. The van der Waals surface area contributed by atoms with Gasteiger partial charge in [-0.05, 0) is 36.6 Å². The van der Waals surface area contributed by atoms with Crippen molar-refractivity contribution in [2.75, 3.05) is 25.1 Å². The van der Waals surface area contributed by atoms with E-state index in [1.54, 1.807) is 0 Å². The summed E-state index contributed by atoms with van der Waals surface area (Å²) in [6.07, 6.45) is 2.69. The number of aromatic amines is 1. The molecule has 0 saturated heterocycles. The average molecular weight is 662 g/mol. The van der Waals surface area contributed by atoms with Crippen LogP contribution in [0.1, 0.15) is 90.9 Å². The van der Waals surface area contributed by atoms with E-state index in [1.807, 2.05) is 63.7 Å². The molecule has 1 N–H and O–H groups in total. The molecule has 49 heavy (non-hydrogen) atoms. The van der Waals surface area contributed by atoms with Crippen molar-refractivity contribution in [3.05, 3.63) is 89.8 Å². The number of likely N-dealkylation sites (N-methyl/N-ethyl adjacent to an activating group) is 1. The lowest BCUT2D eigenvalue weighted by Crippen LogP contribution is -2.34. The van der Waals surface area contributed by atoms with E-state index in [1.165, 1.54) is 0 Å². The van der Waals surface area contributed by atoms with E-state index in [9.17, 15) is 0 Å². The SMILES string of the molecule is CCCOc1c(N=NC2=NC=C(N(c3ccccc3)c3ccccc3)CN2C)c(C(C)(C)C)nn1-c1c(C(C)C)[nH]n2c(C(C)C)nnc12. The third-order valence-electron chi connectivity index (χ3n) is 8.29. The van der Waals surface area contributed by atoms with Crippen LogP contribution in [0, 0.1) is 0 Å². The van der Waals surface area contributed by atoms with Crippen molar-refractivity contribution >= 4 is 28.7 Å².